The van der Waals surface area contributed by atoms with Crippen molar-refractivity contribution in [2.75, 3.05) is 25.0 Å². The molecule has 2 aromatic rings. The van der Waals surface area contributed by atoms with Crippen LogP contribution in [-0.2, 0) is 19.4 Å². The maximum absolute atomic E-state index is 5.44. The summed E-state index contributed by atoms with van der Waals surface area (Å²) >= 11 is 0. The van der Waals surface area contributed by atoms with Gasteiger partial charge in [-0.3, -0.25) is 0 Å². The van der Waals surface area contributed by atoms with Gasteiger partial charge >= 0.3 is 0 Å². The third-order valence-corrected chi connectivity index (χ3v) is 4.74. The Bertz CT molecular complexity index is 695. The van der Waals surface area contributed by atoms with Gasteiger partial charge in [0, 0.05) is 43.9 Å². The van der Waals surface area contributed by atoms with E-state index in [0.717, 1.165) is 48.9 Å². The molecule has 0 radical (unpaired) electrons. The Kier molecular flexibility index (Phi) is 11.0. The third-order valence-electron chi connectivity index (χ3n) is 4.74. The molecule has 0 fully saturated rings. The Labute approximate surface area is 186 Å². The van der Waals surface area contributed by atoms with Crippen molar-refractivity contribution < 1.29 is 4.52 Å². The molecule has 2 N–H and O–H groups in total. The minimum atomic E-state index is 0. The first-order chi connectivity index (χ1) is 13.1. The molecule has 7 heteroatoms. The molecule has 6 nitrogen and oxygen atoms in total. The molecular formula is C21H34IN5O. The summed E-state index contributed by atoms with van der Waals surface area (Å²) in [5.41, 5.74) is 3.33. The molecule has 0 saturated heterocycles. The van der Waals surface area contributed by atoms with Crippen LogP contribution >= 0.6 is 24.0 Å². The van der Waals surface area contributed by atoms with Gasteiger partial charge < -0.3 is 20.1 Å². The second kappa shape index (κ2) is 12.6. The van der Waals surface area contributed by atoms with Crippen LogP contribution in [0.15, 0.2) is 39.8 Å². The fraction of sp³-hybridized carbons (Fsp3) is 0.524. The van der Waals surface area contributed by atoms with E-state index in [-0.39, 0.29) is 24.0 Å². The van der Waals surface area contributed by atoms with Gasteiger partial charge in [0.1, 0.15) is 5.76 Å². The quantitative estimate of drug-likeness (QED) is 0.310. The van der Waals surface area contributed by atoms with Gasteiger partial charge in [-0.2, -0.15) is 0 Å². The average Bonchev–Trinajstić information content (AvgIpc) is 3.11. The zero-order chi connectivity index (χ0) is 19.6. The van der Waals surface area contributed by atoms with E-state index in [0.29, 0.717) is 12.6 Å². The monoisotopic (exact) mass is 499 g/mol. The number of hydrogen-bond acceptors (Lipinski definition) is 4. The fourth-order valence-electron chi connectivity index (χ4n) is 2.92. The number of aliphatic imine (C=N–C) groups is 1. The molecule has 1 unspecified atom stereocenters. The predicted octanol–water partition coefficient (Wildman–Crippen LogP) is 4.00. The maximum atomic E-state index is 5.44. The number of aryl methyl sites for hydroxylation is 2. The summed E-state index contributed by atoms with van der Waals surface area (Å²) in [6.45, 7) is 10.6. The zero-order valence-electron chi connectivity index (χ0n) is 17.7. The number of guanidine groups is 1. The lowest BCUT2D eigenvalue weighted by Crippen LogP contribution is -2.45. The van der Waals surface area contributed by atoms with Crippen molar-refractivity contribution in [3.63, 3.8) is 0 Å². The van der Waals surface area contributed by atoms with Crippen LogP contribution in [0.5, 0.6) is 0 Å². The Morgan fingerprint density at radius 3 is 2.46 bits per heavy atom. The molecule has 0 aliphatic carbocycles. The van der Waals surface area contributed by atoms with Gasteiger partial charge in [-0.15, -0.1) is 24.0 Å². The molecule has 1 aromatic heterocycles. The summed E-state index contributed by atoms with van der Waals surface area (Å²) in [6.07, 6.45) is 1.69. The molecule has 1 aromatic carbocycles. The number of para-hydroxylation sites is 1. The SMILES string of the molecule is CCNC(=NCc1c(CC)noc1CC)NCC(C)N(C)c1ccccc1.I. The van der Waals surface area contributed by atoms with Crippen molar-refractivity contribution >= 4 is 35.6 Å². The number of benzene rings is 1. The van der Waals surface area contributed by atoms with Gasteiger partial charge in [0.15, 0.2) is 5.96 Å². The smallest absolute Gasteiger partial charge is 0.191 e. The van der Waals surface area contributed by atoms with Crippen LogP contribution in [-0.4, -0.2) is 37.3 Å². The van der Waals surface area contributed by atoms with Crippen LogP contribution in [0.2, 0.25) is 0 Å². The van der Waals surface area contributed by atoms with Crippen LogP contribution in [0.1, 0.15) is 44.7 Å². The highest BCUT2D eigenvalue weighted by molar-refractivity contribution is 14.0. The Balaban J connectivity index is 0.00000392. The largest absolute Gasteiger partial charge is 0.370 e. The minimum absolute atomic E-state index is 0. The number of halogens is 1. The topological polar surface area (TPSA) is 65.7 Å². The van der Waals surface area contributed by atoms with Crippen molar-refractivity contribution in [2.45, 2.75) is 53.1 Å². The number of rotatable bonds is 9. The summed E-state index contributed by atoms with van der Waals surface area (Å²) in [7, 11) is 2.12. The van der Waals surface area contributed by atoms with Crippen LogP contribution in [0, 0.1) is 0 Å². The number of hydrogen-bond donors (Lipinski definition) is 2. The molecule has 0 bridgehead atoms. The maximum Gasteiger partial charge on any atom is 0.191 e. The summed E-state index contributed by atoms with van der Waals surface area (Å²) in [5, 5.41) is 10.9. The Morgan fingerprint density at radius 2 is 1.86 bits per heavy atom. The summed E-state index contributed by atoms with van der Waals surface area (Å²) in [4.78, 5) is 7.02. The van der Waals surface area contributed by atoms with Crippen molar-refractivity contribution in [1.82, 2.24) is 15.8 Å². The first kappa shape index (κ1) is 24.3. The van der Waals surface area contributed by atoms with Gasteiger partial charge in [-0.05, 0) is 32.4 Å². The van der Waals surface area contributed by atoms with Crippen molar-refractivity contribution in [2.24, 2.45) is 4.99 Å². The van der Waals surface area contributed by atoms with Crippen LogP contribution < -0.4 is 15.5 Å². The number of anilines is 1. The summed E-state index contributed by atoms with van der Waals surface area (Å²) in [5.74, 6) is 1.75. The van der Waals surface area contributed by atoms with Crippen LogP contribution in [0.3, 0.4) is 0 Å². The number of likely N-dealkylation sites (N-methyl/N-ethyl adjacent to an activating group) is 1. The van der Waals surface area contributed by atoms with E-state index in [4.69, 9.17) is 9.52 Å². The van der Waals surface area contributed by atoms with E-state index in [1.807, 2.05) is 6.07 Å². The molecule has 1 heterocycles. The average molecular weight is 499 g/mol. The Morgan fingerprint density at radius 1 is 1.14 bits per heavy atom. The van der Waals surface area contributed by atoms with E-state index in [1.165, 1.54) is 5.69 Å². The normalized spacial score (nSPS) is 12.2. The number of nitrogens with one attached hydrogen (secondary N) is 2. The summed E-state index contributed by atoms with van der Waals surface area (Å²) in [6, 6.07) is 10.7. The lowest BCUT2D eigenvalue weighted by molar-refractivity contribution is 0.380. The first-order valence-electron chi connectivity index (χ1n) is 9.86. The lowest BCUT2D eigenvalue weighted by atomic mass is 10.1. The minimum Gasteiger partial charge on any atom is -0.370 e. The van der Waals surface area contributed by atoms with Crippen LogP contribution in [0.25, 0.3) is 0 Å². The van der Waals surface area contributed by atoms with E-state index in [9.17, 15) is 0 Å². The molecule has 1 atom stereocenters. The molecular weight excluding hydrogens is 465 g/mol. The summed E-state index contributed by atoms with van der Waals surface area (Å²) < 4.78 is 5.44. The van der Waals surface area contributed by atoms with E-state index >= 15 is 0 Å². The molecule has 28 heavy (non-hydrogen) atoms. The van der Waals surface area contributed by atoms with E-state index < -0.39 is 0 Å². The molecule has 0 spiro atoms. The van der Waals surface area contributed by atoms with Crippen LogP contribution in [0.4, 0.5) is 5.69 Å². The Hall–Kier alpha value is -1.77. The van der Waals surface area contributed by atoms with Gasteiger partial charge in [-0.25, -0.2) is 4.99 Å². The van der Waals surface area contributed by atoms with E-state index in [2.05, 4.69) is 79.7 Å². The van der Waals surface area contributed by atoms with Gasteiger partial charge in [0.05, 0.1) is 12.2 Å². The first-order valence-corrected chi connectivity index (χ1v) is 9.86. The zero-order valence-corrected chi connectivity index (χ0v) is 20.0. The molecule has 0 aliphatic rings. The second-order valence-corrected chi connectivity index (χ2v) is 6.61. The highest BCUT2D eigenvalue weighted by Gasteiger charge is 2.14. The predicted molar refractivity (Wildman–Crippen MR) is 128 cm³/mol. The highest BCUT2D eigenvalue weighted by Crippen LogP contribution is 2.17. The molecule has 156 valence electrons. The van der Waals surface area contributed by atoms with Gasteiger partial charge in [0.25, 0.3) is 0 Å². The molecule has 0 amide bonds. The molecule has 0 saturated carbocycles. The van der Waals surface area contributed by atoms with Gasteiger partial charge in [0.2, 0.25) is 0 Å². The standard InChI is InChI=1S/C21H33N5O.HI/c1-6-19-18(20(7-2)27-25-19)15-24-21(22-8-3)23-14-16(4)26(5)17-12-10-9-11-13-17;/h9-13,16H,6-8,14-15H2,1-5H3,(H2,22,23,24);1H. The highest BCUT2D eigenvalue weighted by atomic mass is 127. The van der Waals surface area contributed by atoms with E-state index in [1.54, 1.807) is 0 Å². The fourth-order valence-corrected chi connectivity index (χ4v) is 2.92. The number of nitrogens with zero attached hydrogens (tertiary/aromatic N) is 3. The van der Waals surface area contributed by atoms with Crippen molar-refractivity contribution in [1.29, 1.82) is 0 Å². The van der Waals surface area contributed by atoms with Gasteiger partial charge in [-0.1, -0.05) is 37.2 Å². The molecule has 2 rings (SSSR count). The third kappa shape index (κ3) is 6.68. The molecule has 0 aliphatic heterocycles. The van der Waals surface area contributed by atoms with Crippen molar-refractivity contribution in [3.8, 4) is 0 Å². The second-order valence-electron chi connectivity index (χ2n) is 6.61. The number of aromatic nitrogens is 1. The lowest BCUT2D eigenvalue weighted by Gasteiger charge is -2.27. The van der Waals surface area contributed by atoms with Crippen molar-refractivity contribution in [3.05, 3.63) is 47.3 Å².